The number of aryl methyl sites for hydroxylation is 1. The molecule has 0 unspecified atom stereocenters. The van der Waals surface area contributed by atoms with Gasteiger partial charge in [0.2, 0.25) is 0 Å². The smallest absolute Gasteiger partial charge is 0.348 e. The summed E-state index contributed by atoms with van der Waals surface area (Å²) in [7, 11) is 0. The number of halogens is 1. The molecule has 0 atom stereocenters. The number of ether oxygens (including phenoxy) is 1. The molecule has 0 fully saturated rings. The Balaban J connectivity index is 1.51. The topological polar surface area (TPSA) is 88.2 Å². The van der Waals surface area contributed by atoms with E-state index < -0.39 is 18.5 Å². The van der Waals surface area contributed by atoms with Crippen LogP contribution in [0.4, 0.5) is 5.69 Å². The summed E-state index contributed by atoms with van der Waals surface area (Å²) in [4.78, 5) is 28.1. The molecule has 0 spiro atoms. The van der Waals surface area contributed by atoms with Crippen LogP contribution in [-0.2, 0) is 9.53 Å². The van der Waals surface area contributed by atoms with Gasteiger partial charge in [-0.25, -0.2) is 9.48 Å². The maximum atomic E-state index is 12.7. The van der Waals surface area contributed by atoms with Gasteiger partial charge in [0.05, 0.1) is 23.9 Å². The molecule has 0 aliphatic heterocycles. The Labute approximate surface area is 199 Å². The van der Waals surface area contributed by atoms with E-state index in [0.29, 0.717) is 15.6 Å². The van der Waals surface area contributed by atoms with Gasteiger partial charge in [0.25, 0.3) is 5.91 Å². The number of nitriles is 1. The van der Waals surface area contributed by atoms with Gasteiger partial charge in [0.15, 0.2) is 6.61 Å². The van der Waals surface area contributed by atoms with Gasteiger partial charge in [0, 0.05) is 22.6 Å². The number of hydrogen-bond donors (Lipinski definition) is 0. The first-order valence-electron chi connectivity index (χ1n) is 10.1. The van der Waals surface area contributed by atoms with Crippen LogP contribution in [0.1, 0.15) is 21.8 Å². The average molecular weight is 479 g/mol. The number of anilines is 1. The van der Waals surface area contributed by atoms with E-state index in [2.05, 4.69) is 5.10 Å². The second kappa shape index (κ2) is 9.86. The Kier molecular flexibility index (Phi) is 6.73. The predicted molar refractivity (Wildman–Crippen MR) is 128 cm³/mol. The van der Waals surface area contributed by atoms with E-state index in [1.54, 1.807) is 47.1 Å². The van der Waals surface area contributed by atoms with Gasteiger partial charge in [-0.1, -0.05) is 29.8 Å². The van der Waals surface area contributed by atoms with Crippen molar-refractivity contribution < 1.29 is 14.3 Å². The summed E-state index contributed by atoms with van der Waals surface area (Å²) < 4.78 is 7.08. The third-order valence-corrected chi connectivity index (χ3v) is 6.30. The van der Waals surface area contributed by atoms with Crippen LogP contribution in [-0.4, -0.2) is 34.8 Å². The van der Waals surface area contributed by atoms with Crippen molar-refractivity contribution in [1.29, 1.82) is 5.26 Å². The van der Waals surface area contributed by atoms with Crippen LogP contribution in [0.25, 0.3) is 15.9 Å². The molecule has 0 N–H and O–H groups in total. The fourth-order valence-electron chi connectivity index (χ4n) is 3.35. The van der Waals surface area contributed by atoms with Crippen LogP contribution in [0.2, 0.25) is 5.02 Å². The van der Waals surface area contributed by atoms with Gasteiger partial charge in [0.1, 0.15) is 9.71 Å². The molecule has 0 bridgehead atoms. The van der Waals surface area contributed by atoms with E-state index in [1.807, 2.05) is 31.2 Å². The highest BCUT2D eigenvalue weighted by molar-refractivity contribution is 7.20. The first-order chi connectivity index (χ1) is 16.0. The average Bonchev–Trinajstić information content (AvgIpc) is 3.40. The number of fused-ring (bicyclic) bond motifs is 1. The summed E-state index contributed by atoms with van der Waals surface area (Å²) in [6.45, 7) is 1.67. The lowest BCUT2D eigenvalue weighted by molar-refractivity contribution is -0.121. The van der Waals surface area contributed by atoms with Crippen LogP contribution < -0.4 is 4.90 Å². The number of nitrogens with zero attached hydrogens (tertiary/aromatic N) is 4. The number of carbonyl (C=O) groups excluding carboxylic acids is 2. The van der Waals surface area contributed by atoms with Gasteiger partial charge >= 0.3 is 5.97 Å². The lowest BCUT2D eigenvalue weighted by Gasteiger charge is -2.21. The molecule has 0 saturated carbocycles. The molecule has 9 heteroatoms. The van der Waals surface area contributed by atoms with Crippen molar-refractivity contribution in [3.8, 4) is 11.8 Å². The van der Waals surface area contributed by atoms with E-state index >= 15 is 0 Å². The summed E-state index contributed by atoms with van der Waals surface area (Å²) in [6, 6.07) is 20.0. The minimum absolute atomic E-state index is 0.172. The SMILES string of the molecule is Cc1nn(-c2ccc(Cl)cc2)c2sc(C(=O)OCC(=O)N(CCC#N)c3ccccc3)cc12. The number of thiophene rings is 1. The zero-order chi connectivity index (χ0) is 23.4. The minimum Gasteiger partial charge on any atom is -0.451 e. The van der Waals surface area contributed by atoms with E-state index in [-0.39, 0.29) is 13.0 Å². The molecule has 0 saturated heterocycles. The number of hydrogen-bond acceptors (Lipinski definition) is 6. The molecule has 166 valence electrons. The number of aromatic nitrogens is 2. The van der Waals surface area contributed by atoms with Gasteiger partial charge in [-0.15, -0.1) is 11.3 Å². The molecule has 0 aliphatic carbocycles. The largest absolute Gasteiger partial charge is 0.451 e. The van der Waals surface area contributed by atoms with Gasteiger partial charge in [-0.3, -0.25) is 4.79 Å². The maximum absolute atomic E-state index is 12.7. The fourth-order valence-corrected chi connectivity index (χ4v) is 4.55. The van der Waals surface area contributed by atoms with E-state index in [4.69, 9.17) is 21.6 Å². The molecule has 2 aromatic heterocycles. The van der Waals surface area contributed by atoms with Crippen LogP contribution in [0.5, 0.6) is 0 Å². The molecule has 33 heavy (non-hydrogen) atoms. The molecule has 0 radical (unpaired) electrons. The predicted octanol–water partition coefficient (Wildman–Crippen LogP) is 5.15. The third kappa shape index (κ3) is 4.90. The van der Waals surface area contributed by atoms with Gasteiger partial charge in [-0.2, -0.15) is 10.4 Å². The third-order valence-electron chi connectivity index (χ3n) is 4.96. The molecule has 0 aliphatic rings. The summed E-state index contributed by atoms with van der Waals surface area (Å²) in [5, 5.41) is 14.9. The van der Waals surface area contributed by atoms with Gasteiger partial charge < -0.3 is 9.64 Å². The second-order valence-corrected chi connectivity index (χ2v) is 8.64. The van der Waals surface area contributed by atoms with Crippen molar-refractivity contribution in [2.45, 2.75) is 13.3 Å². The summed E-state index contributed by atoms with van der Waals surface area (Å²) in [5.74, 6) is -0.977. The molecule has 2 aromatic carbocycles. The van der Waals surface area contributed by atoms with Crippen molar-refractivity contribution in [3.63, 3.8) is 0 Å². The maximum Gasteiger partial charge on any atom is 0.348 e. The highest BCUT2D eigenvalue weighted by Gasteiger charge is 2.21. The second-order valence-electron chi connectivity index (χ2n) is 7.17. The van der Waals surface area contributed by atoms with Crippen molar-refractivity contribution in [2.75, 3.05) is 18.1 Å². The lowest BCUT2D eigenvalue weighted by atomic mass is 10.2. The van der Waals surface area contributed by atoms with Crippen molar-refractivity contribution in [3.05, 3.63) is 76.3 Å². The first kappa shape index (κ1) is 22.5. The number of para-hydroxylation sites is 1. The normalized spacial score (nSPS) is 10.7. The van der Waals surface area contributed by atoms with E-state index in [9.17, 15) is 9.59 Å². The Morgan fingerprint density at radius 2 is 1.91 bits per heavy atom. The van der Waals surface area contributed by atoms with Crippen LogP contribution in [0.15, 0.2) is 60.7 Å². The van der Waals surface area contributed by atoms with Crippen LogP contribution >= 0.6 is 22.9 Å². The van der Waals surface area contributed by atoms with Crippen molar-refractivity contribution >= 4 is 50.7 Å². The number of amides is 1. The number of carbonyl (C=O) groups is 2. The quantitative estimate of drug-likeness (QED) is 0.342. The molecule has 7 nitrogen and oxygen atoms in total. The molecule has 4 aromatic rings. The minimum atomic E-state index is -0.583. The van der Waals surface area contributed by atoms with Crippen LogP contribution in [0.3, 0.4) is 0 Å². The Hall–Kier alpha value is -3.67. The lowest BCUT2D eigenvalue weighted by Crippen LogP contribution is -2.35. The zero-order valence-corrected chi connectivity index (χ0v) is 19.3. The Morgan fingerprint density at radius 1 is 1.18 bits per heavy atom. The highest BCUT2D eigenvalue weighted by atomic mass is 35.5. The van der Waals surface area contributed by atoms with Crippen LogP contribution in [0, 0.1) is 18.3 Å². The standard InChI is InChI=1S/C24H19ClN4O3S/c1-16-20-14-21(33-23(20)29(27-16)19-10-8-17(25)9-11-19)24(31)32-15-22(30)28(13-5-12-26)18-6-3-2-4-7-18/h2-4,6-11,14H,5,13,15H2,1H3. The molecule has 2 heterocycles. The van der Waals surface area contributed by atoms with E-state index in [0.717, 1.165) is 21.6 Å². The molecule has 4 rings (SSSR count). The number of benzene rings is 2. The fraction of sp³-hybridized carbons (Fsp3) is 0.167. The number of esters is 1. The zero-order valence-electron chi connectivity index (χ0n) is 17.7. The Bertz CT molecular complexity index is 1340. The monoisotopic (exact) mass is 478 g/mol. The summed E-state index contributed by atoms with van der Waals surface area (Å²) in [6.07, 6.45) is 0.172. The van der Waals surface area contributed by atoms with Crippen molar-refractivity contribution in [2.24, 2.45) is 0 Å². The Morgan fingerprint density at radius 3 is 2.61 bits per heavy atom. The summed E-state index contributed by atoms with van der Waals surface area (Å²) in [5.41, 5.74) is 2.25. The van der Waals surface area contributed by atoms with Gasteiger partial charge in [-0.05, 0) is 49.4 Å². The summed E-state index contributed by atoms with van der Waals surface area (Å²) >= 11 is 7.23. The molecule has 1 amide bonds. The molecular formula is C24H19ClN4O3S. The molecular weight excluding hydrogens is 460 g/mol. The first-order valence-corrected chi connectivity index (χ1v) is 11.3. The van der Waals surface area contributed by atoms with E-state index in [1.165, 1.54) is 16.2 Å². The van der Waals surface area contributed by atoms with Crippen molar-refractivity contribution in [1.82, 2.24) is 9.78 Å². The highest BCUT2D eigenvalue weighted by Crippen LogP contribution is 2.31. The number of rotatable bonds is 7.